The van der Waals surface area contributed by atoms with Crippen LogP contribution in [0.3, 0.4) is 0 Å². The first-order valence-corrected chi connectivity index (χ1v) is 7.85. The Bertz CT molecular complexity index is 705. The van der Waals surface area contributed by atoms with E-state index in [0.717, 1.165) is 0 Å². The molecule has 0 bridgehead atoms. The van der Waals surface area contributed by atoms with Crippen molar-refractivity contribution in [3.63, 3.8) is 0 Å². The number of hydrogen-bond donors (Lipinski definition) is 3. The lowest BCUT2D eigenvalue weighted by Gasteiger charge is -2.35. The van der Waals surface area contributed by atoms with Crippen LogP contribution in [0.2, 0.25) is 0 Å². The van der Waals surface area contributed by atoms with Crippen LogP contribution in [-0.4, -0.2) is 50.5 Å². The van der Waals surface area contributed by atoms with Crippen LogP contribution in [0.15, 0.2) is 18.2 Å². The highest BCUT2D eigenvalue weighted by Crippen LogP contribution is 2.34. The van der Waals surface area contributed by atoms with Gasteiger partial charge < -0.3 is 24.8 Å². The zero-order chi connectivity index (χ0) is 19.4. The number of nitro groups is 1. The Balaban J connectivity index is 2.22. The zero-order valence-corrected chi connectivity index (χ0v) is 13.9. The summed E-state index contributed by atoms with van der Waals surface area (Å²) in [6.07, 6.45) is -4.01. The van der Waals surface area contributed by atoms with Crippen LogP contribution in [-0.2, 0) is 20.9 Å². The second-order valence-electron chi connectivity index (χ2n) is 6.06. The van der Waals surface area contributed by atoms with Crippen molar-refractivity contribution in [2.75, 3.05) is 0 Å². The van der Waals surface area contributed by atoms with E-state index in [1.807, 2.05) is 0 Å². The first-order valence-electron chi connectivity index (χ1n) is 7.85. The lowest BCUT2D eigenvalue weighted by atomic mass is 9.83. The lowest BCUT2D eigenvalue weighted by Crippen LogP contribution is -2.48. The van der Waals surface area contributed by atoms with Crippen LogP contribution < -0.4 is 4.74 Å². The molecular weight excluding hydrogens is 350 g/mol. The SMILES string of the molecule is CC(=O)OCc1ccc(OC2C[C@H](C(=O)O)C[C@H](O)[C@H]2O)c([N+](=O)[O-])c1. The molecule has 26 heavy (non-hydrogen) atoms. The molecule has 0 spiro atoms. The van der Waals surface area contributed by atoms with Gasteiger partial charge in [-0.3, -0.25) is 19.7 Å². The molecule has 10 heteroatoms. The number of benzene rings is 1. The van der Waals surface area contributed by atoms with Gasteiger partial charge in [0, 0.05) is 19.4 Å². The van der Waals surface area contributed by atoms with E-state index in [1.54, 1.807) is 0 Å². The fourth-order valence-corrected chi connectivity index (χ4v) is 2.76. The summed E-state index contributed by atoms with van der Waals surface area (Å²) in [5.41, 5.74) is -0.0549. The van der Waals surface area contributed by atoms with Gasteiger partial charge >= 0.3 is 17.6 Å². The summed E-state index contributed by atoms with van der Waals surface area (Å²) in [6, 6.07) is 3.89. The van der Waals surface area contributed by atoms with E-state index < -0.39 is 46.8 Å². The standard InChI is InChI=1S/C16H19NO9/c1-8(18)25-7-9-2-3-13(11(4-9)17(23)24)26-14-6-10(16(21)22)5-12(19)15(14)20/h2-4,10,12,14-15,19-20H,5-7H2,1H3,(H,21,22)/t10-,12+,14?,15-/m1/s1. The number of ether oxygens (including phenoxy) is 2. The van der Waals surface area contributed by atoms with Gasteiger partial charge in [-0.2, -0.15) is 0 Å². The number of rotatable bonds is 6. The monoisotopic (exact) mass is 369 g/mol. The van der Waals surface area contributed by atoms with Crippen LogP contribution in [0, 0.1) is 16.0 Å². The highest BCUT2D eigenvalue weighted by molar-refractivity contribution is 5.70. The predicted octanol–water partition coefficient (Wildman–Crippen LogP) is 0.622. The third kappa shape index (κ3) is 4.67. The minimum absolute atomic E-state index is 0.0973. The van der Waals surface area contributed by atoms with Crippen molar-refractivity contribution in [1.29, 1.82) is 0 Å². The number of hydrogen-bond acceptors (Lipinski definition) is 8. The number of esters is 1. The average molecular weight is 369 g/mol. The first-order chi connectivity index (χ1) is 12.2. The number of carbonyl (C=O) groups is 2. The molecule has 1 saturated carbocycles. The van der Waals surface area contributed by atoms with Gasteiger partial charge in [0.15, 0.2) is 5.75 Å². The van der Waals surface area contributed by atoms with Gasteiger partial charge in [0.05, 0.1) is 16.9 Å². The molecule has 4 atom stereocenters. The molecule has 0 heterocycles. The van der Waals surface area contributed by atoms with Crippen molar-refractivity contribution in [2.45, 2.75) is 44.7 Å². The van der Waals surface area contributed by atoms with Gasteiger partial charge in [-0.25, -0.2) is 0 Å². The average Bonchev–Trinajstić information content (AvgIpc) is 2.57. The van der Waals surface area contributed by atoms with Crippen molar-refractivity contribution in [3.05, 3.63) is 33.9 Å². The largest absolute Gasteiger partial charge is 0.481 e. The van der Waals surface area contributed by atoms with E-state index in [-0.39, 0.29) is 25.2 Å². The number of aliphatic hydroxyl groups is 2. The molecule has 3 N–H and O–H groups in total. The Hall–Kier alpha value is -2.72. The fraction of sp³-hybridized carbons (Fsp3) is 0.500. The Kier molecular flexibility index (Phi) is 6.11. The highest BCUT2D eigenvalue weighted by atomic mass is 16.6. The topological polar surface area (TPSA) is 156 Å². The molecule has 142 valence electrons. The maximum Gasteiger partial charge on any atom is 0.311 e. The predicted molar refractivity (Wildman–Crippen MR) is 85.4 cm³/mol. The molecule has 1 unspecified atom stereocenters. The number of aliphatic carboxylic acids is 1. The second-order valence-corrected chi connectivity index (χ2v) is 6.06. The van der Waals surface area contributed by atoms with Crippen LogP contribution in [0.1, 0.15) is 25.3 Å². The van der Waals surface area contributed by atoms with Gasteiger partial charge in [0.25, 0.3) is 0 Å². The van der Waals surface area contributed by atoms with Gasteiger partial charge in [-0.15, -0.1) is 0 Å². The number of nitrogens with zero attached hydrogens (tertiary/aromatic N) is 1. The van der Waals surface area contributed by atoms with Crippen molar-refractivity contribution in [1.82, 2.24) is 0 Å². The van der Waals surface area contributed by atoms with E-state index >= 15 is 0 Å². The zero-order valence-electron chi connectivity index (χ0n) is 13.9. The van der Waals surface area contributed by atoms with Crippen LogP contribution >= 0.6 is 0 Å². The summed E-state index contributed by atoms with van der Waals surface area (Å²) in [5.74, 6) is -2.78. The van der Waals surface area contributed by atoms with Crippen molar-refractivity contribution < 1.29 is 39.3 Å². The van der Waals surface area contributed by atoms with E-state index in [2.05, 4.69) is 0 Å². The maximum absolute atomic E-state index is 11.3. The highest BCUT2D eigenvalue weighted by Gasteiger charge is 2.41. The molecule has 0 aliphatic heterocycles. The Labute approximate surface area is 148 Å². The molecular formula is C16H19NO9. The first kappa shape index (κ1) is 19.6. The third-order valence-corrected chi connectivity index (χ3v) is 4.11. The molecule has 0 radical (unpaired) electrons. The summed E-state index contributed by atoms with van der Waals surface area (Å²) in [4.78, 5) is 32.6. The minimum Gasteiger partial charge on any atom is -0.481 e. The summed E-state index contributed by atoms with van der Waals surface area (Å²) in [5, 5.41) is 40.2. The molecule has 1 aromatic carbocycles. The number of nitro benzene ring substituents is 1. The Morgan fingerprint density at radius 1 is 1.31 bits per heavy atom. The Morgan fingerprint density at radius 2 is 2.00 bits per heavy atom. The van der Waals surface area contributed by atoms with Gasteiger partial charge in [-0.1, -0.05) is 6.07 Å². The van der Waals surface area contributed by atoms with E-state index in [4.69, 9.17) is 14.6 Å². The van der Waals surface area contributed by atoms with Crippen molar-refractivity contribution in [3.8, 4) is 5.75 Å². The van der Waals surface area contributed by atoms with Crippen molar-refractivity contribution >= 4 is 17.6 Å². The van der Waals surface area contributed by atoms with E-state index in [9.17, 15) is 29.9 Å². The summed E-state index contributed by atoms with van der Waals surface area (Å²) in [7, 11) is 0. The molecule has 1 fully saturated rings. The number of carboxylic acid groups (broad SMARTS) is 1. The normalized spacial score (nSPS) is 25.3. The third-order valence-electron chi connectivity index (χ3n) is 4.11. The van der Waals surface area contributed by atoms with Crippen LogP contribution in [0.25, 0.3) is 0 Å². The van der Waals surface area contributed by atoms with Crippen LogP contribution in [0.4, 0.5) is 5.69 Å². The van der Waals surface area contributed by atoms with E-state index in [0.29, 0.717) is 5.56 Å². The second kappa shape index (κ2) is 8.11. The molecule has 0 amide bonds. The van der Waals surface area contributed by atoms with Gasteiger partial charge in [-0.05, 0) is 18.1 Å². The maximum atomic E-state index is 11.3. The molecule has 1 aliphatic rings. The van der Waals surface area contributed by atoms with Crippen LogP contribution in [0.5, 0.6) is 5.75 Å². The fourth-order valence-electron chi connectivity index (χ4n) is 2.76. The number of carboxylic acids is 1. The molecule has 1 aliphatic carbocycles. The molecule has 0 aromatic heterocycles. The van der Waals surface area contributed by atoms with E-state index in [1.165, 1.54) is 25.1 Å². The van der Waals surface area contributed by atoms with Gasteiger partial charge in [0.1, 0.15) is 18.8 Å². The smallest absolute Gasteiger partial charge is 0.311 e. The lowest BCUT2D eigenvalue weighted by molar-refractivity contribution is -0.386. The molecule has 10 nitrogen and oxygen atoms in total. The van der Waals surface area contributed by atoms with Crippen molar-refractivity contribution in [2.24, 2.45) is 5.92 Å². The van der Waals surface area contributed by atoms with Gasteiger partial charge in [0.2, 0.25) is 0 Å². The Morgan fingerprint density at radius 3 is 2.58 bits per heavy atom. The summed E-state index contributed by atoms with van der Waals surface area (Å²) < 4.78 is 10.3. The molecule has 1 aromatic rings. The number of aliphatic hydroxyl groups excluding tert-OH is 2. The number of carbonyl (C=O) groups excluding carboxylic acids is 1. The minimum atomic E-state index is -1.37. The summed E-state index contributed by atoms with van der Waals surface area (Å²) in [6.45, 7) is 1.06. The summed E-state index contributed by atoms with van der Waals surface area (Å²) >= 11 is 0. The molecule has 2 rings (SSSR count). The molecule has 0 saturated heterocycles. The quantitative estimate of drug-likeness (QED) is 0.371.